The molecule has 1 aliphatic heterocycles. The number of imide groups is 1. The van der Waals surface area contributed by atoms with Crippen LogP contribution >= 0.6 is 23.4 Å². The van der Waals surface area contributed by atoms with E-state index in [0.717, 1.165) is 17.3 Å². The van der Waals surface area contributed by atoms with E-state index >= 15 is 0 Å². The van der Waals surface area contributed by atoms with Gasteiger partial charge >= 0.3 is 0 Å². The van der Waals surface area contributed by atoms with Crippen molar-refractivity contribution in [1.29, 1.82) is 0 Å². The summed E-state index contributed by atoms with van der Waals surface area (Å²) in [5.74, 6) is 0.150. The number of amides is 2. The molecule has 30 heavy (non-hydrogen) atoms. The zero-order chi connectivity index (χ0) is 21.3. The minimum atomic E-state index is -0.543. The molecule has 0 spiro atoms. The fraction of sp³-hybridized carbons (Fsp3) is 0.0476. The number of rotatable bonds is 5. The summed E-state index contributed by atoms with van der Waals surface area (Å²) in [5.41, 5.74) is 0.921. The third-order valence-corrected chi connectivity index (χ3v) is 5.52. The molecule has 1 aromatic heterocycles. The summed E-state index contributed by atoms with van der Waals surface area (Å²) >= 11 is 6.67. The Morgan fingerprint density at radius 3 is 2.60 bits per heavy atom. The van der Waals surface area contributed by atoms with Gasteiger partial charge in [-0.05, 0) is 41.6 Å². The van der Waals surface area contributed by atoms with E-state index in [2.05, 4.69) is 0 Å². The average Bonchev–Trinajstić information content (AvgIpc) is 3.29. The number of carbonyl (C=O) groups is 2. The van der Waals surface area contributed by atoms with Crippen molar-refractivity contribution in [3.8, 4) is 11.3 Å². The van der Waals surface area contributed by atoms with Crippen LogP contribution in [0.3, 0.4) is 0 Å². The van der Waals surface area contributed by atoms with Crippen molar-refractivity contribution < 1.29 is 18.9 Å². The van der Waals surface area contributed by atoms with Crippen molar-refractivity contribution in [2.24, 2.45) is 0 Å². The predicted molar refractivity (Wildman–Crippen MR) is 114 cm³/mol. The number of nitro groups is 1. The molecule has 2 aromatic carbocycles. The van der Waals surface area contributed by atoms with E-state index in [1.165, 1.54) is 29.2 Å². The van der Waals surface area contributed by atoms with Gasteiger partial charge in [0.05, 0.1) is 21.9 Å². The molecule has 2 heterocycles. The van der Waals surface area contributed by atoms with Crippen molar-refractivity contribution in [3.63, 3.8) is 0 Å². The highest BCUT2D eigenvalue weighted by atomic mass is 35.5. The van der Waals surface area contributed by atoms with Gasteiger partial charge in [0, 0.05) is 17.2 Å². The third-order valence-electron chi connectivity index (χ3n) is 4.38. The third kappa shape index (κ3) is 4.00. The van der Waals surface area contributed by atoms with Crippen molar-refractivity contribution in [2.45, 2.75) is 6.54 Å². The van der Waals surface area contributed by atoms with Crippen LogP contribution < -0.4 is 0 Å². The molecular formula is C21H13ClN2O5S. The minimum Gasteiger partial charge on any atom is -0.456 e. The number of carbonyl (C=O) groups excluding carboxylic acids is 2. The summed E-state index contributed by atoms with van der Waals surface area (Å²) in [4.78, 5) is 37.1. The fourth-order valence-electron chi connectivity index (χ4n) is 2.97. The van der Waals surface area contributed by atoms with Crippen LogP contribution in [0.1, 0.15) is 11.3 Å². The van der Waals surface area contributed by atoms with Crippen LogP contribution in [-0.2, 0) is 11.3 Å². The van der Waals surface area contributed by atoms with E-state index < -0.39 is 10.8 Å². The molecule has 0 atom stereocenters. The zero-order valence-corrected chi connectivity index (χ0v) is 16.9. The number of thioether (sulfide) groups is 1. The van der Waals surface area contributed by atoms with E-state index in [0.29, 0.717) is 5.76 Å². The molecule has 0 radical (unpaired) electrons. The number of benzene rings is 2. The lowest BCUT2D eigenvalue weighted by atomic mass is 10.1. The van der Waals surface area contributed by atoms with E-state index in [1.54, 1.807) is 12.1 Å². The average molecular weight is 441 g/mol. The van der Waals surface area contributed by atoms with Gasteiger partial charge in [-0.15, -0.1) is 0 Å². The largest absolute Gasteiger partial charge is 0.456 e. The Labute approximate surface area is 180 Å². The van der Waals surface area contributed by atoms with Crippen LogP contribution in [0.2, 0.25) is 5.02 Å². The van der Waals surface area contributed by atoms with Crippen LogP contribution in [0.25, 0.3) is 17.4 Å². The first-order chi connectivity index (χ1) is 14.4. The summed E-state index contributed by atoms with van der Waals surface area (Å²) in [6, 6.07) is 16.6. The Morgan fingerprint density at radius 2 is 1.87 bits per heavy atom. The SMILES string of the molecule is O=C1S/C(=C\c2ccc(-c3ccc(Cl)cc3[N+](=O)[O-])o2)C(=O)N1Cc1ccccc1. The van der Waals surface area contributed by atoms with Gasteiger partial charge in [0.2, 0.25) is 0 Å². The molecule has 7 nitrogen and oxygen atoms in total. The summed E-state index contributed by atoms with van der Waals surface area (Å²) in [5, 5.41) is 11.2. The smallest absolute Gasteiger partial charge is 0.293 e. The van der Waals surface area contributed by atoms with Gasteiger partial charge in [0.15, 0.2) is 0 Å². The topological polar surface area (TPSA) is 93.7 Å². The van der Waals surface area contributed by atoms with E-state index in [9.17, 15) is 19.7 Å². The maximum absolute atomic E-state index is 12.7. The van der Waals surface area contributed by atoms with Crippen molar-refractivity contribution >= 4 is 46.3 Å². The van der Waals surface area contributed by atoms with Crippen LogP contribution in [0.4, 0.5) is 10.5 Å². The number of nitro benzene ring substituents is 1. The first-order valence-electron chi connectivity index (χ1n) is 8.76. The molecule has 1 saturated heterocycles. The molecule has 4 rings (SSSR count). The van der Waals surface area contributed by atoms with Gasteiger partial charge < -0.3 is 4.42 Å². The minimum absolute atomic E-state index is 0.184. The first-order valence-corrected chi connectivity index (χ1v) is 9.95. The van der Waals surface area contributed by atoms with Crippen molar-refractivity contribution in [2.75, 3.05) is 0 Å². The van der Waals surface area contributed by atoms with Gasteiger partial charge in [0.25, 0.3) is 16.8 Å². The summed E-state index contributed by atoms with van der Waals surface area (Å²) in [6.07, 6.45) is 1.46. The highest BCUT2D eigenvalue weighted by Crippen LogP contribution is 2.36. The van der Waals surface area contributed by atoms with Gasteiger partial charge in [-0.25, -0.2) is 0 Å². The summed E-state index contributed by atoms with van der Waals surface area (Å²) < 4.78 is 5.68. The lowest BCUT2D eigenvalue weighted by Gasteiger charge is -2.11. The maximum atomic E-state index is 12.7. The fourth-order valence-corrected chi connectivity index (χ4v) is 3.96. The maximum Gasteiger partial charge on any atom is 0.293 e. The number of nitrogens with zero attached hydrogens (tertiary/aromatic N) is 2. The number of halogens is 1. The number of furan rings is 1. The van der Waals surface area contributed by atoms with Gasteiger partial charge in [-0.2, -0.15) is 0 Å². The molecule has 0 saturated carbocycles. The standard InChI is InChI=1S/C21H13ClN2O5S/c22-14-6-8-16(17(10-14)24(27)28)18-9-7-15(29-18)11-19-20(25)23(21(26)30-19)12-13-4-2-1-3-5-13/h1-11H,12H2/b19-11-. The summed E-state index contributed by atoms with van der Waals surface area (Å²) in [7, 11) is 0. The highest BCUT2D eigenvalue weighted by molar-refractivity contribution is 8.18. The van der Waals surface area contributed by atoms with E-state index in [4.69, 9.17) is 16.0 Å². The molecule has 150 valence electrons. The van der Waals surface area contributed by atoms with Crippen molar-refractivity contribution in [3.05, 3.63) is 92.0 Å². The van der Waals surface area contributed by atoms with Crippen LogP contribution in [0.5, 0.6) is 0 Å². The second-order valence-corrected chi connectivity index (χ2v) is 7.80. The Balaban J connectivity index is 1.58. The van der Waals surface area contributed by atoms with Gasteiger partial charge in [0.1, 0.15) is 11.5 Å². The number of hydrogen-bond acceptors (Lipinski definition) is 6. The normalized spacial score (nSPS) is 15.2. The molecular weight excluding hydrogens is 428 g/mol. The lowest BCUT2D eigenvalue weighted by molar-refractivity contribution is -0.384. The first kappa shape index (κ1) is 19.9. The summed E-state index contributed by atoms with van der Waals surface area (Å²) in [6.45, 7) is 0.184. The molecule has 0 N–H and O–H groups in total. The second-order valence-electron chi connectivity index (χ2n) is 6.37. The lowest BCUT2D eigenvalue weighted by Crippen LogP contribution is -2.27. The highest BCUT2D eigenvalue weighted by Gasteiger charge is 2.35. The van der Waals surface area contributed by atoms with Crippen LogP contribution in [0, 0.1) is 10.1 Å². The Bertz CT molecular complexity index is 1190. The Hall–Kier alpha value is -3.36. The predicted octanol–water partition coefficient (Wildman–Crippen LogP) is 5.74. The van der Waals surface area contributed by atoms with E-state index in [-0.39, 0.29) is 38.7 Å². The molecule has 2 amide bonds. The van der Waals surface area contributed by atoms with Gasteiger partial charge in [-0.3, -0.25) is 24.6 Å². The molecule has 0 bridgehead atoms. The van der Waals surface area contributed by atoms with Crippen LogP contribution in [0.15, 0.2) is 70.0 Å². The quantitative estimate of drug-likeness (QED) is 0.285. The molecule has 1 aliphatic rings. The Kier molecular flexibility index (Phi) is 5.43. The number of hydrogen-bond donors (Lipinski definition) is 0. The van der Waals surface area contributed by atoms with Crippen LogP contribution in [-0.4, -0.2) is 21.0 Å². The Morgan fingerprint density at radius 1 is 1.10 bits per heavy atom. The zero-order valence-electron chi connectivity index (χ0n) is 15.3. The van der Waals surface area contributed by atoms with Crippen molar-refractivity contribution in [1.82, 2.24) is 4.90 Å². The van der Waals surface area contributed by atoms with Gasteiger partial charge in [-0.1, -0.05) is 41.9 Å². The molecule has 0 unspecified atom stereocenters. The second kappa shape index (κ2) is 8.17. The molecule has 9 heteroatoms. The van der Waals surface area contributed by atoms with E-state index in [1.807, 2.05) is 30.3 Å². The molecule has 1 fully saturated rings. The molecule has 3 aromatic rings. The monoisotopic (exact) mass is 440 g/mol. The molecule has 0 aliphatic carbocycles.